The first kappa shape index (κ1) is 15.6. The fraction of sp³-hybridized carbons (Fsp3) is 0.733. The number of ether oxygens (including phenoxy) is 1. The second kappa shape index (κ2) is 6.10. The lowest BCUT2D eigenvalue weighted by Crippen LogP contribution is -2.45. The number of amides is 1. The van der Waals surface area contributed by atoms with Crippen LogP contribution in [0.3, 0.4) is 0 Å². The third-order valence-corrected chi connectivity index (χ3v) is 3.01. The van der Waals surface area contributed by atoms with Crippen molar-refractivity contribution < 1.29 is 14.3 Å². The number of carbonyl (C=O) groups excluding carboxylic acids is 2. The summed E-state index contributed by atoms with van der Waals surface area (Å²) >= 11 is 0. The summed E-state index contributed by atoms with van der Waals surface area (Å²) in [5.41, 5.74) is -0.544. The Labute approximate surface area is 115 Å². The lowest BCUT2D eigenvalue weighted by atomic mass is 10.1. The van der Waals surface area contributed by atoms with Gasteiger partial charge in [-0.05, 0) is 27.2 Å². The van der Waals surface area contributed by atoms with Crippen LogP contribution in [0.5, 0.6) is 0 Å². The molecule has 1 heterocycles. The third kappa shape index (κ3) is 4.27. The van der Waals surface area contributed by atoms with E-state index >= 15 is 0 Å². The van der Waals surface area contributed by atoms with Crippen molar-refractivity contribution in [1.29, 1.82) is 0 Å². The van der Waals surface area contributed by atoms with Gasteiger partial charge in [0, 0.05) is 18.9 Å². The highest BCUT2D eigenvalue weighted by molar-refractivity contribution is 5.86. The van der Waals surface area contributed by atoms with E-state index in [2.05, 4.69) is 5.92 Å². The maximum Gasteiger partial charge on any atom is 0.329 e. The predicted molar refractivity (Wildman–Crippen MR) is 73.2 cm³/mol. The summed E-state index contributed by atoms with van der Waals surface area (Å²) in [7, 11) is 0. The van der Waals surface area contributed by atoms with Crippen molar-refractivity contribution in [2.24, 2.45) is 5.92 Å². The lowest BCUT2D eigenvalue weighted by Gasteiger charge is -2.29. The van der Waals surface area contributed by atoms with Crippen molar-refractivity contribution in [3.8, 4) is 12.3 Å². The number of terminal acetylenes is 1. The molecule has 0 N–H and O–H groups in total. The number of nitrogens with zero attached hydrogens (tertiary/aromatic N) is 1. The molecule has 19 heavy (non-hydrogen) atoms. The van der Waals surface area contributed by atoms with Gasteiger partial charge in [-0.25, -0.2) is 4.79 Å². The van der Waals surface area contributed by atoms with Gasteiger partial charge in [-0.15, -0.1) is 12.3 Å². The van der Waals surface area contributed by atoms with Gasteiger partial charge in [0.2, 0.25) is 5.91 Å². The molecule has 1 aliphatic heterocycles. The Morgan fingerprint density at radius 1 is 1.58 bits per heavy atom. The molecule has 1 saturated heterocycles. The standard InChI is InChI=1S/C15H23NO3/c1-6-8-12(14(18)19-15(3,4)5)16-10-11(7-2)9-13(16)17/h2,11-12H,6,8-10H2,1,3-5H3. The van der Waals surface area contributed by atoms with Gasteiger partial charge in [-0.2, -0.15) is 0 Å². The maximum absolute atomic E-state index is 12.2. The molecule has 0 aromatic rings. The Morgan fingerprint density at radius 2 is 2.21 bits per heavy atom. The van der Waals surface area contributed by atoms with Gasteiger partial charge in [0.25, 0.3) is 0 Å². The van der Waals surface area contributed by atoms with Crippen molar-refractivity contribution in [3.05, 3.63) is 0 Å². The van der Waals surface area contributed by atoms with E-state index in [1.807, 2.05) is 27.7 Å². The van der Waals surface area contributed by atoms with Gasteiger partial charge in [-0.1, -0.05) is 13.3 Å². The second-order valence-corrected chi connectivity index (χ2v) is 5.95. The first-order valence-corrected chi connectivity index (χ1v) is 6.77. The SMILES string of the molecule is C#CC1CC(=O)N(C(CCC)C(=O)OC(C)(C)C)C1. The van der Waals surface area contributed by atoms with E-state index in [1.165, 1.54) is 0 Å². The Morgan fingerprint density at radius 3 is 2.63 bits per heavy atom. The first-order valence-electron chi connectivity index (χ1n) is 6.77. The van der Waals surface area contributed by atoms with Gasteiger partial charge in [0.1, 0.15) is 11.6 Å². The zero-order valence-electron chi connectivity index (χ0n) is 12.2. The molecule has 0 spiro atoms. The summed E-state index contributed by atoms with van der Waals surface area (Å²) < 4.78 is 5.40. The monoisotopic (exact) mass is 265 g/mol. The van der Waals surface area contributed by atoms with E-state index in [1.54, 1.807) is 4.90 Å². The normalized spacial score (nSPS) is 21.1. The summed E-state index contributed by atoms with van der Waals surface area (Å²) in [5.74, 6) is 2.12. The van der Waals surface area contributed by atoms with Crippen molar-refractivity contribution in [3.63, 3.8) is 0 Å². The largest absolute Gasteiger partial charge is 0.458 e. The molecule has 2 atom stereocenters. The molecule has 1 fully saturated rings. The number of likely N-dealkylation sites (tertiary alicyclic amines) is 1. The van der Waals surface area contributed by atoms with Crippen LogP contribution in [0.15, 0.2) is 0 Å². The number of rotatable bonds is 4. The fourth-order valence-electron chi connectivity index (χ4n) is 2.19. The molecular weight excluding hydrogens is 242 g/mol. The highest BCUT2D eigenvalue weighted by atomic mass is 16.6. The van der Waals surface area contributed by atoms with Crippen LogP contribution in [0.2, 0.25) is 0 Å². The van der Waals surface area contributed by atoms with E-state index in [0.29, 0.717) is 19.4 Å². The van der Waals surface area contributed by atoms with Crippen LogP contribution in [0.1, 0.15) is 47.0 Å². The highest BCUT2D eigenvalue weighted by Gasteiger charge is 2.38. The van der Waals surface area contributed by atoms with Crippen LogP contribution >= 0.6 is 0 Å². The van der Waals surface area contributed by atoms with Crippen LogP contribution in [0, 0.1) is 18.3 Å². The summed E-state index contributed by atoms with van der Waals surface area (Å²) in [6, 6.07) is -0.505. The van der Waals surface area contributed by atoms with Crippen molar-refractivity contribution >= 4 is 11.9 Å². The van der Waals surface area contributed by atoms with Crippen LogP contribution < -0.4 is 0 Å². The molecule has 1 amide bonds. The molecule has 1 rings (SSSR count). The second-order valence-electron chi connectivity index (χ2n) is 5.95. The smallest absolute Gasteiger partial charge is 0.329 e. The highest BCUT2D eigenvalue weighted by Crippen LogP contribution is 2.23. The van der Waals surface area contributed by atoms with Crippen LogP contribution in [-0.2, 0) is 14.3 Å². The quantitative estimate of drug-likeness (QED) is 0.577. The molecule has 4 nitrogen and oxygen atoms in total. The molecule has 2 unspecified atom stereocenters. The number of hydrogen-bond donors (Lipinski definition) is 0. The molecule has 0 aromatic carbocycles. The van der Waals surface area contributed by atoms with Gasteiger partial charge in [-0.3, -0.25) is 4.79 Å². The number of hydrogen-bond acceptors (Lipinski definition) is 3. The molecular formula is C15H23NO3. The molecule has 106 valence electrons. The topological polar surface area (TPSA) is 46.6 Å². The molecule has 0 bridgehead atoms. The average molecular weight is 265 g/mol. The van der Waals surface area contributed by atoms with Crippen LogP contribution in [0.4, 0.5) is 0 Å². The van der Waals surface area contributed by atoms with E-state index in [9.17, 15) is 9.59 Å². The summed E-state index contributed by atoms with van der Waals surface area (Å²) in [5, 5.41) is 0. The molecule has 1 aliphatic rings. The van der Waals surface area contributed by atoms with Gasteiger partial charge in [0.15, 0.2) is 0 Å². The predicted octanol–water partition coefficient (Wildman–Crippen LogP) is 1.98. The third-order valence-electron chi connectivity index (χ3n) is 3.01. The maximum atomic E-state index is 12.2. The molecule has 4 heteroatoms. The Kier molecular flexibility index (Phi) is 4.99. The molecule has 0 aromatic heterocycles. The summed E-state index contributed by atoms with van der Waals surface area (Å²) in [4.78, 5) is 25.7. The van der Waals surface area contributed by atoms with Gasteiger partial charge < -0.3 is 9.64 Å². The Bertz CT molecular complexity index is 389. The molecule has 0 saturated carbocycles. The minimum Gasteiger partial charge on any atom is -0.458 e. The average Bonchev–Trinajstić information content (AvgIpc) is 2.65. The molecule has 0 aliphatic carbocycles. The Balaban J connectivity index is 2.81. The van der Waals surface area contributed by atoms with E-state index in [-0.39, 0.29) is 17.8 Å². The van der Waals surface area contributed by atoms with Gasteiger partial charge in [0.05, 0.1) is 0 Å². The van der Waals surface area contributed by atoms with E-state index in [4.69, 9.17) is 11.2 Å². The first-order chi connectivity index (χ1) is 8.78. The summed E-state index contributed by atoms with van der Waals surface area (Å²) in [6.45, 7) is 7.91. The van der Waals surface area contributed by atoms with Crippen molar-refractivity contribution in [2.75, 3.05) is 6.54 Å². The van der Waals surface area contributed by atoms with Crippen LogP contribution in [-0.4, -0.2) is 35.0 Å². The van der Waals surface area contributed by atoms with Crippen LogP contribution in [0.25, 0.3) is 0 Å². The lowest BCUT2D eigenvalue weighted by molar-refractivity contribution is -0.164. The van der Waals surface area contributed by atoms with E-state index < -0.39 is 11.6 Å². The minimum absolute atomic E-state index is 0.0488. The molecule has 0 radical (unpaired) electrons. The number of esters is 1. The minimum atomic E-state index is -0.544. The van der Waals surface area contributed by atoms with Crippen molar-refractivity contribution in [1.82, 2.24) is 4.90 Å². The van der Waals surface area contributed by atoms with Crippen molar-refractivity contribution in [2.45, 2.75) is 58.6 Å². The zero-order valence-corrected chi connectivity index (χ0v) is 12.2. The summed E-state index contributed by atoms with van der Waals surface area (Å²) in [6.07, 6.45) is 7.12. The zero-order chi connectivity index (χ0) is 14.6. The van der Waals surface area contributed by atoms with Gasteiger partial charge >= 0.3 is 5.97 Å². The number of carbonyl (C=O) groups is 2. The van der Waals surface area contributed by atoms with E-state index in [0.717, 1.165) is 6.42 Å². The Hall–Kier alpha value is -1.50. The fourth-order valence-corrected chi connectivity index (χ4v) is 2.19.